The van der Waals surface area contributed by atoms with Gasteiger partial charge in [-0.1, -0.05) is 20.3 Å². The van der Waals surface area contributed by atoms with Gasteiger partial charge in [0.2, 0.25) is 0 Å². The number of rotatable bonds is 6. The zero-order valence-electron chi connectivity index (χ0n) is 14.0. The maximum absolute atomic E-state index is 3.37. The monoisotopic (exact) mass is 281 g/mol. The molecule has 3 heteroatoms. The quantitative estimate of drug-likeness (QED) is 0.807. The lowest BCUT2D eigenvalue weighted by Crippen LogP contribution is -2.49. The lowest BCUT2D eigenvalue weighted by molar-refractivity contribution is 0.0696. The first-order chi connectivity index (χ1) is 9.67. The van der Waals surface area contributed by atoms with Crippen LogP contribution in [-0.4, -0.2) is 62.2 Å². The molecule has 1 atom stereocenters. The van der Waals surface area contributed by atoms with Gasteiger partial charge in [0.15, 0.2) is 0 Å². The first-order valence-electron chi connectivity index (χ1n) is 8.78. The molecule has 1 unspecified atom stereocenters. The van der Waals surface area contributed by atoms with E-state index in [9.17, 15) is 0 Å². The second kappa shape index (κ2) is 7.77. The molecule has 0 saturated carbocycles. The standard InChI is InChI=1S/C17H35N3/c1-4-17(2,14-18-3)15-19-12-8-16(9-13-19)20-10-6-5-7-11-20/h16,18H,4-15H2,1-3H3. The highest BCUT2D eigenvalue weighted by Crippen LogP contribution is 2.26. The van der Waals surface area contributed by atoms with Gasteiger partial charge in [0.1, 0.15) is 0 Å². The summed E-state index contributed by atoms with van der Waals surface area (Å²) in [5.74, 6) is 0. The summed E-state index contributed by atoms with van der Waals surface area (Å²) < 4.78 is 0. The predicted octanol–water partition coefficient (Wildman–Crippen LogP) is 2.57. The molecule has 2 saturated heterocycles. The number of likely N-dealkylation sites (tertiary alicyclic amines) is 2. The summed E-state index contributed by atoms with van der Waals surface area (Å²) in [6.45, 7) is 12.5. The Kier molecular flexibility index (Phi) is 6.31. The van der Waals surface area contributed by atoms with Crippen molar-refractivity contribution >= 4 is 0 Å². The van der Waals surface area contributed by atoms with Crippen LogP contribution in [0.3, 0.4) is 0 Å². The second-order valence-corrected chi connectivity index (χ2v) is 7.30. The minimum Gasteiger partial charge on any atom is -0.319 e. The Morgan fingerprint density at radius 1 is 1.05 bits per heavy atom. The number of hydrogen-bond donors (Lipinski definition) is 1. The fraction of sp³-hybridized carbons (Fsp3) is 1.00. The third-order valence-electron chi connectivity index (χ3n) is 5.53. The van der Waals surface area contributed by atoms with Crippen molar-refractivity contribution in [3.63, 3.8) is 0 Å². The van der Waals surface area contributed by atoms with Crippen molar-refractivity contribution in [1.29, 1.82) is 0 Å². The zero-order chi connectivity index (χ0) is 14.4. The summed E-state index contributed by atoms with van der Waals surface area (Å²) in [7, 11) is 2.08. The minimum absolute atomic E-state index is 0.437. The van der Waals surface area contributed by atoms with Crippen LogP contribution < -0.4 is 5.32 Å². The van der Waals surface area contributed by atoms with Gasteiger partial charge in [-0.25, -0.2) is 0 Å². The van der Waals surface area contributed by atoms with Crippen molar-refractivity contribution in [3.05, 3.63) is 0 Å². The molecule has 2 aliphatic rings. The van der Waals surface area contributed by atoms with Gasteiger partial charge < -0.3 is 15.1 Å². The lowest BCUT2D eigenvalue weighted by Gasteiger charge is -2.42. The largest absolute Gasteiger partial charge is 0.319 e. The third-order valence-corrected chi connectivity index (χ3v) is 5.53. The van der Waals surface area contributed by atoms with E-state index in [0.717, 1.165) is 12.6 Å². The van der Waals surface area contributed by atoms with Crippen LogP contribution in [0.2, 0.25) is 0 Å². The first kappa shape index (κ1) is 16.3. The van der Waals surface area contributed by atoms with Crippen molar-refractivity contribution in [1.82, 2.24) is 15.1 Å². The summed E-state index contributed by atoms with van der Waals surface area (Å²) in [6.07, 6.45) is 8.35. The van der Waals surface area contributed by atoms with Crippen molar-refractivity contribution in [2.24, 2.45) is 5.41 Å². The molecule has 0 spiro atoms. The molecule has 0 amide bonds. The Labute approximate surface area is 126 Å². The lowest BCUT2D eigenvalue weighted by atomic mass is 9.86. The highest BCUT2D eigenvalue weighted by molar-refractivity contribution is 4.85. The SMILES string of the molecule is CCC(C)(CNC)CN1CCC(N2CCCCC2)CC1. The predicted molar refractivity (Wildman–Crippen MR) is 87.2 cm³/mol. The molecular weight excluding hydrogens is 246 g/mol. The van der Waals surface area contributed by atoms with Crippen LogP contribution >= 0.6 is 0 Å². The fourth-order valence-electron chi connectivity index (χ4n) is 3.99. The first-order valence-corrected chi connectivity index (χ1v) is 8.78. The van der Waals surface area contributed by atoms with Crippen LogP contribution in [0, 0.1) is 5.41 Å². The summed E-state index contributed by atoms with van der Waals surface area (Å²) >= 11 is 0. The van der Waals surface area contributed by atoms with Crippen LogP contribution in [0.15, 0.2) is 0 Å². The van der Waals surface area contributed by atoms with E-state index in [-0.39, 0.29) is 0 Å². The van der Waals surface area contributed by atoms with Gasteiger partial charge in [0, 0.05) is 19.1 Å². The molecule has 0 aromatic rings. The Hall–Kier alpha value is -0.120. The van der Waals surface area contributed by atoms with Gasteiger partial charge in [-0.05, 0) is 70.7 Å². The Morgan fingerprint density at radius 2 is 1.70 bits per heavy atom. The molecule has 20 heavy (non-hydrogen) atoms. The summed E-state index contributed by atoms with van der Waals surface area (Å²) in [5.41, 5.74) is 0.437. The van der Waals surface area contributed by atoms with Crippen molar-refractivity contribution in [2.45, 2.75) is 58.4 Å². The molecule has 2 heterocycles. The number of piperidine rings is 2. The number of nitrogens with one attached hydrogen (secondary N) is 1. The van der Waals surface area contributed by atoms with E-state index in [2.05, 4.69) is 36.0 Å². The minimum atomic E-state index is 0.437. The average Bonchev–Trinajstić information content (AvgIpc) is 2.49. The van der Waals surface area contributed by atoms with Gasteiger partial charge in [0.05, 0.1) is 0 Å². The molecule has 3 nitrogen and oxygen atoms in total. The maximum atomic E-state index is 3.37. The van der Waals surface area contributed by atoms with Gasteiger partial charge in [-0.3, -0.25) is 0 Å². The molecule has 118 valence electrons. The molecule has 0 aliphatic carbocycles. The van der Waals surface area contributed by atoms with Crippen molar-refractivity contribution < 1.29 is 0 Å². The van der Waals surface area contributed by atoms with E-state index in [1.165, 1.54) is 71.2 Å². The van der Waals surface area contributed by atoms with Gasteiger partial charge >= 0.3 is 0 Å². The summed E-state index contributed by atoms with van der Waals surface area (Å²) in [6, 6.07) is 0.878. The van der Waals surface area contributed by atoms with Crippen LogP contribution in [0.5, 0.6) is 0 Å². The molecular formula is C17H35N3. The molecule has 2 rings (SSSR count). The molecule has 1 N–H and O–H groups in total. The topological polar surface area (TPSA) is 18.5 Å². The smallest absolute Gasteiger partial charge is 0.0120 e. The highest BCUT2D eigenvalue weighted by Gasteiger charge is 2.29. The molecule has 2 aliphatic heterocycles. The summed E-state index contributed by atoms with van der Waals surface area (Å²) in [5, 5.41) is 3.37. The van der Waals surface area contributed by atoms with Gasteiger partial charge in [-0.2, -0.15) is 0 Å². The highest BCUT2D eigenvalue weighted by atomic mass is 15.2. The molecule has 2 fully saturated rings. The van der Waals surface area contributed by atoms with Crippen LogP contribution in [-0.2, 0) is 0 Å². The van der Waals surface area contributed by atoms with E-state index < -0.39 is 0 Å². The number of nitrogens with zero attached hydrogens (tertiary/aromatic N) is 2. The maximum Gasteiger partial charge on any atom is 0.0120 e. The van der Waals surface area contributed by atoms with Gasteiger partial charge in [-0.15, -0.1) is 0 Å². The van der Waals surface area contributed by atoms with E-state index in [4.69, 9.17) is 0 Å². The number of hydrogen-bond acceptors (Lipinski definition) is 3. The second-order valence-electron chi connectivity index (χ2n) is 7.30. The molecule has 0 bridgehead atoms. The van der Waals surface area contributed by atoms with Crippen molar-refractivity contribution in [2.75, 3.05) is 46.3 Å². The molecule has 0 radical (unpaired) electrons. The van der Waals surface area contributed by atoms with Gasteiger partial charge in [0.25, 0.3) is 0 Å². The van der Waals surface area contributed by atoms with E-state index in [1.54, 1.807) is 0 Å². The fourth-order valence-corrected chi connectivity index (χ4v) is 3.99. The zero-order valence-corrected chi connectivity index (χ0v) is 14.0. The Bertz CT molecular complexity index is 267. The van der Waals surface area contributed by atoms with Crippen molar-refractivity contribution in [3.8, 4) is 0 Å². The third kappa shape index (κ3) is 4.44. The molecule has 0 aromatic heterocycles. The van der Waals surface area contributed by atoms with E-state index in [1.807, 2.05) is 0 Å². The average molecular weight is 281 g/mol. The molecule has 0 aromatic carbocycles. The van der Waals surface area contributed by atoms with E-state index in [0.29, 0.717) is 5.41 Å². The van der Waals surface area contributed by atoms with E-state index >= 15 is 0 Å². The Balaban J connectivity index is 1.75. The summed E-state index contributed by atoms with van der Waals surface area (Å²) in [4.78, 5) is 5.48. The van der Waals surface area contributed by atoms with Crippen LogP contribution in [0.4, 0.5) is 0 Å². The normalized spacial score (nSPS) is 26.6. The van der Waals surface area contributed by atoms with Crippen LogP contribution in [0.1, 0.15) is 52.4 Å². The Morgan fingerprint density at radius 3 is 2.25 bits per heavy atom. The van der Waals surface area contributed by atoms with Crippen LogP contribution in [0.25, 0.3) is 0 Å².